The van der Waals surface area contributed by atoms with E-state index < -0.39 is 0 Å². The molecule has 0 bridgehead atoms. The van der Waals surface area contributed by atoms with Crippen molar-refractivity contribution in [2.45, 2.75) is 25.8 Å². The topological polar surface area (TPSA) is 59.4 Å². The Morgan fingerprint density at radius 1 is 1.36 bits per heavy atom. The number of ether oxygens (including phenoxy) is 1. The van der Waals surface area contributed by atoms with Gasteiger partial charge in [-0.2, -0.15) is 0 Å². The summed E-state index contributed by atoms with van der Waals surface area (Å²) in [5.74, 6) is -0.116. The Kier molecular flexibility index (Phi) is 5.71. The number of nitrogens with one attached hydrogen (secondary N) is 1. The molecular weight excluding hydrogens is 316 g/mol. The molecule has 2 aromatic rings. The zero-order chi connectivity index (χ0) is 17.6. The third-order valence-corrected chi connectivity index (χ3v) is 4.61. The van der Waals surface area contributed by atoms with E-state index in [1.165, 1.54) is 5.69 Å². The van der Waals surface area contributed by atoms with Crippen LogP contribution in [0.2, 0.25) is 0 Å². The zero-order valence-electron chi connectivity index (χ0n) is 14.9. The Balaban J connectivity index is 1.56. The second-order valence-corrected chi connectivity index (χ2v) is 6.52. The standard InChI is InChI=1S/C19H26N4O2/c1-15(5-6-16-4-3-9-22(16)2)21-19(24)18-14-17(7-8-20-18)23-10-12-25-13-11-23/h3-4,7-9,14-15H,5-6,10-13H2,1-2H3,(H,21,24)/t15-/m1/s1. The van der Waals surface area contributed by atoms with Gasteiger partial charge in [0.05, 0.1) is 13.2 Å². The number of amides is 1. The van der Waals surface area contributed by atoms with Crippen molar-refractivity contribution in [3.05, 3.63) is 48.0 Å². The Morgan fingerprint density at radius 2 is 2.16 bits per heavy atom. The van der Waals surface area contributed by atoms with E-state index in [1.54, 1.807) is 6.20 Å². The van der Waals surface area contributed by atoms with Gasteiger partial charge in [0.15, 0.2) is 0 Å². The molecule has 6 nitrogen and oxygen atoms in total. The van der Waals surface area contributed by atoms with Crippen LogP contribution in [0, 0.1) is 0 Å². The lowest BCUT2D eigenvalue weighted by molar-refractivity contribution is 0.0933. The molecule has 1 aliphatic rings. The summed E-state index contributed by atoms with van der Waals surface area (Å²) in [4.78, 5) is 19.0. The molecular formula is C19H26N4O2. The SMILES string of the molecule is C[C@H](CCc1cccn1C)NC(=O)c1cc(N2CCOCC2)ccn1. The fourth-order valence-electron chi connectivity index (χ4n) is 3.05. The molecule has 0 aliphatic carbocycles. The van der Waals surface area contributed by atoms with Crippen molar-refractivity contribution in [2.24, 2.45) is 7.05 Å². The lowest BCUT2D eigenvalue weighted by Crippen LogP contribution is -2.37. The van der Waals surface area contributed by atoms with Gasteiger partial charge in [0.1, 0.15) is 5.69 Å². The lowest BCUT2D eigenvalue weighted by atomic mass is 10.1. The van der Waals surface area contributed by atoms with Crippen molar-refractivity contribution < 1.29 is 9.53 Å². The van der Waals surface area contributed by atoms with Gasteiger partial charge >= 0.3 is 0 Å². The average Bonchev–Trinajstić information content (AvgIpc) is 3.06. The Bertz CT molecular complexity index is 707. The predicted molar refractivity (Wildman–Crippen MR) is 97.9 cm³/mol. The van der Waals surface area contributed by atoms with Crippen molar-refractivity contribution in [3.8, 4) is 0 Å². The van der Waals surface area contributed by atoms with Crippen LogP contribution in [0.15, 0.2) is 36.7 Å². The van der Waals surface area contributed by atoms with E-state index >= 15 is 0 Å². The highest BCUT2D eigenvalue weighted by atomic mass is 16.5. The van der Waals surface area contributed by atoms with Crippen molar-refractivity contribution in [1.29, 1.82) is 0 Å². The minimum atomic E-state index is -0.116. The highest BCUT2D eigenvalue weighted by Crippen LogP contribution is 2.16. The number of aromatic nitrogens is 2. The molecule has 1 atom stereocenters. The van der Waals surface area contributed by atoms with E-state index in [4.69, 9.17) is 4.74 Å². The highest BCUT2D eigenvalue weighted by Gasteiger charge is 2.15. The van der Waals surface area contributed by atoms with Crippen LogP contribution in [-0.2, 0) is 18.2 Å². The number of morpholine rings is 1. The van der Waals surface area contributed by atoms with Crippen molar-refractivity contribution >= 4 is 11.6 Å². The lowest BCUT2D eigenvalue weighted by Gasteiger charge is -2.28. The Morgan fingerprint density at radius 3 is 2.88 bits per heavy atom. The van der Waals surface area contributed by atoms with Gasteiger partial charge in [0.2, 0.25) is 0 Å². The summed E-state index contributed by atoms with van der Waals surface area (Å²) < 4.78 is 7.49. The molecule has 3 rings (SSSR count). The van der Waals surface area contributed by atoms with Crippen LogP contribution in [0.3, 0.4) is 0 Å². The normalized spacial score (nSPS) is 15.8. The molecule has 3 heterocycles. The molecule has 1 amide bonds. The van der Waals surface area contributed by atoms with Gasteiger partial charge in [-0.25, -0.2) is 0 Å². The van der Waals surface area contributed by atoms with E-state index in [9.17, 15) is 4.79 Å². The van der Waals surface area contributed by atoms with Crippen LogP contribution in [0.5, 0.6) is 0 Å². The molecule has 0 unspecified atom stereocenters. The van der Waals surface area contributed by atoms with Crippen LogP contribution in [0.25, 0.3) is 0 Å². The summed E-state index contributed by atoms with van der Waals surface area (Å²) in [5.41, 5.74) is 2.77. The summed E-state index contributed by atoms with van der Waals surface area (Å²) >= 11 is 0. The van der Waals surface area contributed by atoms with E-state index in [0.29, 0.717) is 5.69 Å². The quantitative estimate of drug-likeness (QED) is 0.872. The van der Waals surface area contributed by atoms with E-state index in [-0.39, 0.29) is 11.9 Å². The minimum Gasteiger partial charge on any atom is -0.378 e. The summed E-state index contributed by atoms with van der Waals surface area (Å²) in [6, 6.07) is 8.06. The first-order chi connectivity index (χ1) is 12.1. The maximum absolute atomic E-state index is 12.5. The summed E-state index contributed by atoms with van der Waals surface area (Å²) in [6.45, 7) is 5.17. The fourth-order valence-corrected chi connectivity index (χ4v) is 3.05. The minimum absolute atomic E-state index is 0.0937. The van der Waals surface area contributed by atoms with Crippen LogP contribution >= 0.6 is 0 Å². The molecule has 2 aromatic heterocycles. The number of rotatable bonds is 6. The van der Waals surface area contributed by atoms with Crippen molar-refractivity contribution in [3.63, 3.8) is 0 Å². The van der Waals surface area contributed by atoms with Gasteiger partial charge in [0.25, 0.3) is 5.91 Å². The molecule has 0 radical (unpaired) electrons. The first kappa shape index (κ1) is 17.5. The van der Waals surface area contributed by atoms with Gasteiger partial charge in [-0.1, -0.05) is 0 Å². The second kappa shape index (κ2) is 8.16. The number of anilines is 1. The second-order valence-electron chi connectivity index (χ2n) is 6.52. The number of nitrogens with zero attached hydrogens (tertiary/aromatic N) is 3. The molecule has 1 fully saturated rings. The Labute approximate surface area is 148 Å². The van der Waals surface area contributed by atoms with Crippen LogP contribution in [0.1, 0.15) is 29.5 Å². The van der Waals surface area contributed by atoms with E-state index in [1.807, 2.05) is 38.4 Å². The van der Waals surface area contributed by atoms with Gasteiger partial charge in [-0.3, -0.25) is 9.78 Å². The maximum atomic E-state index is 12.5. The molecule has 1 saturated heterocycles. The predicted octanol–water partition coefficient (Wildman–Crippen LogP) is 2.01. The largest absolute Gasteiger partial charge is 0.378 e. The van der Waals surface area contributed by atoms with Crippen molar-refractivity contribution in [2.75, 3.05) is 31.2 Å². The molecule has 6 heteroatoms. The number of carbonyl (C=O) groups excluding carboxylic acids is 1. The van der Waals surface area contributed by atoms with Crippen LogP contribution in [0.4, 0.5) is 5.69 Å². The molecule has 134 valence electrons. The molecule has 1 N–H and O–H groups in total. The average molecular weight is 342 g/mol. The number of hydrogen-bond acceptors (Lipinski definition) is 4. The van der Waals surface area contributed by atoms with E-state index in [0.717, 1.165) is 44.8 Å². The van der Waals surface area contributed by atoms with Gasteiger partial charge in [-0.15, -0.1) is 0 Å². The molecule has 0 saturated carbocycles. The number of pyridine rings is 1. The molecule has 1 aliphatic heterocycles. The number of hydrogen-bond donors (Lipinski definition) is 1. The highest BCUT2D eigenvalue weighted by molar-refractivity contribution is 5.93. The summed E-state index contributed by atoms with van der Waals surface area (Å²) in [6.07, 6.45) is 5.58. The van der Waals surface area contributed by atoms with Crippen molar-refractivity contribution in [1.82, 2.24) is 14.9 Å². The third-order valence-electron chi connectivity index (χ3n) is 4.61. The van der Waals surface area contributed by atoms with Gasteiger partial charge in [-0.05, 0) is 44.0 Å². The third kappa shape index (κ3) is 4.60. The first-order valence-electron chi connectivity index (χ1n) is 8.83. The van der Waals surface area contributed by atoms with E-state index in [2.05, 4.69) is 25.8 Å². The summed E-state index contributed by atoms with van der Waals surface area (Å²) in [5, 5.41) is 3.05. The monoisotopic (exact) mass is 342 g/mol. The van der Waals surface area contributed by atoms with Crippen LogP contribution < -0.4 is 10.2 Å². The van der Waals surface area contributed by atoms with Crippen LogP contribution in [-0.4, -0.2) is 47.8 Å². The fraction of sp³-hybridized carbons (Fsp3) is 0.474. The number of aryl methyl sites for hydroxylation is 2. The number of carbonyl (C=O) groups is 1. The maximum Gasteiger partial charge on any atom is 0.270 e. The first-order valence-corrected chi connectivity index (χ1v) is 8.83. The Hall–Kier alpha value is -2.34. The summed E-state index contributed by atoms with van der Waals surface area (Å²) in [7, 11) is 2.04. The molecule has 25 heavy (non-hydrogen) atoms. The molecule has 0 spiro atoms. The van der Waals surface area contributed by atoms with Gasteiger partial charge < -0.3 is 19.5 Å². The van der Waals surface area contributed by atoms with Gasteiger partial charge in [0, 0.05) is 50.0 Å². The zero-order valence-corrected chi connectivity index (χ0v) is 14.9. The molecule has 0 aromatic carbocycles. The smallest absolute Gasteiger partial charge is 0.270 e.